The number of aryl methyl sites for hydroxylation is 1. The molecule has 2 amide bonds. The first-order valence-corrected chi connectivity index (χ1v) is 9.43. The topological polar surface area (TPSA) is 109 Å². The summed E-state index contributed by atoms with van der Waals surface area (Å²) in [7, 11) is 0. The van der Waals surface area contributed by atoms with E-state index in [2.05, 4.69) is 15.6 Å². The minimum Gasteiger partial charge on any atom is -0.487 e. The lowest BCUT2D eigenvalue weighted by Crippen LogP contribution is -2.29. The van der Waals surface area contributed by atoms with Crippen molar-refractivity contribution in [2.24, 2.45) is 5.73 Å². The van der Waals surface area contributed by atoms with Gasteiger partial charge in [0.1, 0.15) is 23.9 Å². The van der Waals surface area contributed by atoms with Gasteiger partial charge < -0.3 is 26.1 Å². The molecule has 7 nitrogen and oxygen atoms in total. The number of carbonyl (C=O) groups excluding carboxylic acids is 2. The number of halogens is 1. The second-order valence-electron chi connectivity index (χ2n) is 6.64. The molecule has 2 aromatic carbocycles. The Morgan fingerprint density at radius 1 is 1.10 bits per heavy atom. The van der Waals surface area contributed by atoms with Crippen LogP contribution in [-0.4, -0.2) is 29.9 Å². The largest absolute Gasteiger partial charge is 0.487 e. The number of H-pyrrole nitrogens is 1. The molecule has 8 heteroatoms. The molecule has 30 heavy (non-hydrogen) atoms. The number of anilines is 1. The van der Waals surface area contributed by atoms with Gasteiger partial charge >= 0.3 is 0 Å². The van der Waals surface area contributed by atoms with Gasteiger partial charge in [0, 0.05) is 30.4 Å². The fourth-order valence-corrected chi connectivity index (χ4v) is 2.79. The first-order chi connectivity index (χ1) is 14.5. The van der Waals surface area contributed by atoms with Gasteiger partial charge in [0.15, 0.2) is 0 Å². The van der Waals surface area contributed by atoms with Crippen molar-refractivity contribution in [2.45, 2.75) is 13.5 Å². The molecule has 3 rings (SSSR count). The summed E-state index contributed by atoms with van der Waals surface area (Å²) >= 11 is 0. The first-order valence-electron chi connectivity index (χ1n) is 9.43. The predicted octanol–water partition coefficient (Wildman–Crippen LogP) is 2.98. The minimum absolute atomic E-state index is 0.121. The van der Waals surface area contributed by atoms with Crippen LogP contribution >= 0.6 is 0 Å². The SMILES string of the molecule is Cc1[nH]c(C(=O)Nc2ccccc2OCc2cccc(C(=O)NCCN)c2)cc1F. The maximum absolute atomic E-state index is 13.5. The second-order valence-corrected chi connectivity index (χ2v) is 6.64. The van der Waals surface area contributed by atoms with Crippen molar-refractivity contribution < 1.29 is 18.7 Å². The normalized spacial score (nSPS) is 10.5. The fraction of sp³-hybridized carbons (Fsp3) is 0.182. The number of rotatable bonds is 8. The third-order valence-corrected chi connectivity index (χ3v) is 4.34. The number of para-hydroxylation sites is 2. The highest BCUT2D eigenvalue weighted by Crippen LogP contribution is 2.25. The van der Waals surface area contributed by atoms with Gasteiger partial charge in [0.2, 0.25) is 0 Å². The average Bonchev–Trinajstić information content (AvgIpc) is 3.10. The lowest BCUT2D eigenvalue weighted by Gasteiger charge is -2.13. The number of nitrogens with two attached hydrogens (primary N) is 1. The molecule has 1 aromatic heterocycles. The van der Waals surface area contributed by atoms with Crippen molar-refractivity contribution in [1.29, 1.82) is 0 Å². The van der Waals surface area contributed by atoms with Crippen LogP contribution < -0.4 is 21.1 Å². The van der Waals surface area contributed by atoms with Gasteiger partial charge in [-0.15, -0.1) is 0 Å². The summed E-state index contributed by atoms with van der Waals surface area (Å²) in [6.07, 6.45) is 0. The number of ether oxygens (including phenoxy) is 1. The summed E-state index contributed by atoms with van der Waals surface area (Å²) in [4.78, 5) is 27.2. The highest BCUT2D eigenvalue weighted by atomic mass is 19.1. The van der Waals surface area contributed by atoms with E-state index >= 15 is 0 Å². The molecule has 0 aliphatic heterocycles. The van der Waals surface area contributed by atoms with Gasteiger partial charge in [-0.25, -0.2) is 4.39 Å². The Balaban J connectivity index is 1.68. The zero-order valence-electron chi connectivity index (χ0n) is 16.5. The fourth-order valence-electron chi connectivity index (χ4n) is 2.79. The van der Waals surface area contributed by atoms with E-state index in [1.165, 1.54) is 0 Å². The molecule has 0 aliphatic rings. The first kappa shape index (κ1) is 21.1. The average molecular weight is 410 g/mol. The van der Waals surface area contributed by atoms with E-state index in [0.29, 0.717) is 35.8 Å². The van der Waals surface area contributed by atoms with Gasteiger partial charge in [0.25, 0.3) is 11.8 Å². The van der Waals surface area contributed by atoms with E-state index in [0.717, 1.165) is 11.6 Å². The monoisotopic (exact) mass is 410 g/mol. The standard InChI is InChI=1S/C22H23FN4O3/c1-14-17(23)12-19(26-14)22(29)27-18-7-2-3-8-20(18)30-13-15-5-4-6-16(11-15)21(28)25-10-9-24/h2-8,11-12,26H,9-10,13,24H2,1H3,(H,25,28)(H,27,29). The van der Waals surface area contributed by atoms with E-state index in [1.54, 1.807) is 49.4 Å². The Morgan fingerprint density at radius 3 is 2.63 bits per heavy atom. The Labute approximate surface area is 173 Å². The number of carbonyl (C=O) groups is 2. The Hall–Kier alpha value is -3.65. The summed E-state index contributed by atoms with van der Waals surface area (Å²) in [5.74, 6) is -0.701. The maximum atomic E-state index is 13.5. The highest BCUT2D eigenvalue weighted by molar-refractivity contribution is 6.03. The minimum atomic E-state index is -0.475. The Morgan fingerprint density at radius 2 is 1.90 bits per heavy atom. The zero-order chi connectivity index (χ0) is 21.5. The van der Waals surface area contributed by atoms with Crippen molar-refractivity contribution in [2.75, 3.05) is 18.4 Å². The van der Waals surface area contributed by atoms with E-state index < -0.39 is 11.7 Å². The molecular formula is C22H23FN4O3. The van der Waals surface area contributed by atoms with Crippen molar-refractivity contribution >= 4 is 17.5 Å². The molecule has 156 valence electrons. The van der Waals surface area contributed by atoms with E-state index in [1.807, 2.05) is 6.07 Å². The third-order valence-electron chi connectivity index (χ3n) is 4.34. The molecule has 0 saturated heterocycles. The van der Waals surface area contributed by atoms with Crippen LogP contribution in [0.3, 0.4) is 0 Å². The molecule has 0 atom stereocenters. The molecule has 3 aromatic rings. The Kier molecular flexibility index (Phi) is 6.82. The van der Waals surface area contributed by atoms with Crippen LogP contribution in [0, 0.1) is 12.7 Å². The van der Waals surface area contributed by atoms with Gasteiger partial charge in [-0.3, -0.25) is 9.59 Å². The van der Waals surface area contributed by atoms with E-state index in [4.69, 9.17) is 10.5 Å². The predicted molar refractivity (Wildman–Crippen MR) is 112 cm³/mol. The summed E-state index contributed by atoms with van der Waals surface area (Å²) in [6.45, 7) is 2.51. The highest BCUT2D eigenvalue weighted by Gasteiger charge is 2.14. The van der Waals surface area contributed by atoms with Crippen LogP contribution in [0.2, 0.25) is 0 Å². The molecule has 0 saturated carbocycles. The van der Waals surface area contributed by atoms with Gasteiger partial charge in [-0.1, -0.05) is 24.3 Å². The number of aromatic nitrogens is 1. The number of nitrogens with one attached hydrogen (secondary N) is 3. The van der Waals surface area contributed by atoms with Crippen LogP contribution in [0.5, 0.6) is 5.75 Å². The van der Waals surface area contributed by atoms with Crippen LogP contribution in [0.25, 0.3) is 0 Å². The van der Waals surface area contributed by atoms with Gasteiger partial charge in [-0.05, 0) is 36.8 Å². The summed E-state index contributed by atoms with van der Waals surface area (Å²) in [5, 5.41) is 5.44. The molecule has 0 bridgehead atoms. The van der Waals surface area contributed by atoms with Crippen molar-refractivity contribution in [1.82, 2.24) is 10.3 Å². The summed E-state index contributed by atoms with van der Waals surface area (Å²) in [6, 6.07) is 15.1. The summed E-state index contributed by atoms with van der Waals surface area (Å²) < 4.78 is 19.4. The number of hydrogen-bond donors (Lipinski definition) is 4. The zero-order valence-corrected chi connectivity index (χ0v) is 16.5. The van der Waals surface area contributed by atoms with Crippen molar-refractivity contribution in [3.8, 4) is 5.75 Å². The number of hydrogen-bond acceptors (Lipinski definition) is 4. The van der Waals surface area contributed by atoms with Crippen LogP contribution in [0.4, 0.5) is 10.1 Å². The molecule has 5 N–H and O–H groups in total. The van der Waals surface area contributed by atoms with Gasteiger partial charge in [0.05, 0.1) is 5.69 Å². The number of aromatic amines is 1. The molecule has 1 heterocycles. The van der Waals surface area contributed by atoms with Crippen LogP contribution in [-0.2, 0) is 6.61 Å². The lowest BCUT2D eigenvalue weighted by atomic mass is 10.1. The third kappa shape index (κ3) is 5.24. The molecule has 0 radical (unpaired) electrons. The van der Waals surface area contributed by atoms with E-state index in [9.17, 15) is 14.0 Å². The van der Waals surface area contributed by atoms with Gasteiger partial charge in [-0.2, -0.15) is 0 Å². The summed E-state index contributed by atoms with van der Waals surface area (Å²) in [5.41, 5.74) is 7.57. The van der Waals surface area contributed by atoms with E-state index in [-0.39, 0.29) is 18.2 Å². The van der Waals surface area contributed by atoms with Crippen molar-refractivity contribution in [3.63, 3.8) is 0 Å². The smallest absolute Gasteiger partial charge is 0.272 e. The lowest BCUT2D eigenvalue weighted by molar-refractivity contribution is 0.0953. The molecule has 0 fully saturated rings. The molecular weight excluding hydrogens is 387 g/mol. The molecule has 0 spiro atoms. The van der Waals surface area contributed by atoms with Crippen LogP contribution in [0.1, 0.15) is 32.1 Å². The number of amides is 2. The molecule has 0 unspecified atom stereocenters. The molecule has 0 aliphatic carbocycles. The second kappa shape index (κ2) is 9.71. The van der Waals surface area contributed by atoms with Crippen LogP contribution in [0.15, 0.2) is 54.6 Å². The van der Waals surface area contributed by atoms with Crippen molar-refractivity contribution in [3.05, 3.63) is 82.9 Å². The maximum Gasteiger partial charge on any atom is 0.272 e. The number of benzene rings is 2. The quantitative estimate of drug-likeness (QED) is 0.458. The Bertz CT molecular complexity index is 1030.